The molecule has 0 saturated carbocycles. The summed E-state index contributed by atoms with van der Waals surface area (Å²) in [4.78, 5) is 4.42. The number of hydrogen-bond acceptors (Lipinski definition) is 3. The molecule has 0 saturated heterocycles. The monoisotopic (exact) mass is 402 g/mol. The number of ether oxygens (including phenoxy) is 1. The fourth-order valence-electron chi connectivity index (χ4n) is 3.52. The van der Waals surface area contributed by atoms with E-state index in [4.69, 9.17) is 4.74 Å². The number of methoxy groups -OCH3 is 1. The predicted octanol–water partition coefficient (Wildman–Crippen LogP) is 5.35. The summed E-state index contributed by atoms with van der Waals surface area (Å²) < 4.78 is 34.4. The Kier molecular flexibility index (Phi) is 4.28. The van der Waals surface area contributed by atoms with Gasteiger partial charge in [0, 0.05) is 28.5 Å². The van der Waals surface area contributed by atoms with Crippen LogP contribution < -0.4 is 4.74 Å². The normalized spacial score (nSPS) is 11.2. The van der Waals surface area contributed by atoms with Crippen LogP contribution in [0.3, 0.4) is 0 Å². The first-order valence-electron chi connectivity index (χ1n) is 9.25. The average Bonchev–Trinajstić information content (AvgIpc) is 3.41. The zero-order chi connectivity index (χ0) is 20.7. The maximum Gasteiger partial charge on any atom is 0.165 e. The molecule has 5 nitrogen and oxygen atoms in total. The summed E-state index contributed by atoms with van der Waals surface area (Å²) in [7, 11) is 1.43. The van der Waals surface area contributed by atoms with Crippen LogP contribution >= 0.6 is 0 Å². The highest BCUT2D eigenvalue weighted by atomic mass is 19.1. The molecule has 0 fully saturated rings. The number of H-pyrrole nitrogens is 1. The molecule has 0 spiro atoms. The number of rotatable bonds is 4. The van der Waals surface area contributed by atoms with Crippen molar-refractivity contribution in [2.24, 2.45) is 0 Å². The minimum atomic E-state index is -0.436. The minimum absolute atomic E-state index is 0.190. The van der Waals surface area contributed by atoms with E-state index in [2.05, 4.69) is 15.2 Å². The zero-order valence-electron chi connectivity index (χ0n) is 15.9. The molecule has 0 radical (unpaired) electrons. The molecule has 0 amide bonds. The van der Waals surface area contributed by atoms with Crippen molar-refractivity contribution in [2.75, 3.05) is 7.11 Å². The van der Waals surface area contributed by atoms with Gasteiger partial charge in [0.25, 0.3) is 0 Å². The molecule has 30 heavy (non-hydrogen) atoms. The van der Waals surface area contributed by atoms with Crippen molar-refractivity contribution in [1.82, 2.24) is 19.6 Å². The van der Waals surface area contributed by atoms with Gasteiger partial charge in [-0.25, -0.2) is 13.8 Å². The van der Waals surface area contributed by atoms with Gasteiger partial charge in [0.15, 0.2) is 11.6 Å². The summed E-state index contributed by atoms with van der Waals surface area (Å²) in [6.07, 6.45) is 5.36. The first kappa shape index (κ1) is 18.1. The molecule has 0 aliphatic carbocycles. The number of aromatic nitrogens is 4. The summed E-state index contributed by atoms with van der Waals surface area (Å²) in [6.45, 7) is 0. The van der Waals surface area contributed by atoms with Gasteiger partial charge in [-0.15, -0.1) is 0 Å². The molecule has 0 atom stereocenters. The van der Waals surface area contributed by atoms with Gasteiger partial charge < -0.3 is 4.74 Å². The summed E-state index contributed by atoms with van der Waals surface area (Å²) >= 11 is 0. The fourth-order valence-corrected chi connectivity index (χ4v) is 3.52. The predicted molar refractivity (Wildman–Crippen MR) is 110 cm³/mol. The standard InChI is InChI=1S/C23H16F2N4O/c1-30-21-8-4-15(10-19(21)25)20-12-26-22-9-5-16(13-29(20)22)18-11-27-28-23(18)14-2-6-17(24)7-3-14/h2-13H,1H3,(H,27,28). The van der Waals surface area contributed by atoms with E-state index in [-0.39, 0.29) is 11.6 Å². The molecule has 1 N–H and O–H groups in total. The lowest BCUT2D eigenvalue weighted by atomic mass is 10.0. The summed E-state index contributed by atoms with van der Waals surface area (Å²) in [5.74, 6) is -0.541. The van der Waals surface area contributed by atoms with E-state index in [0.717, 1.165) is 33.7 Å². The van der Waals surface area contributed by atoms with E-state index in [9.17, 15) is 8.78 Å². The van der Waals surface area contributed by atoms with Crippen LogP contribution in [0.4, 0.5) is 8.78 Å². The van der Waals surface area contributed by atoms with Gasteiger partial charge in [0.1, 0.15) is 11.5 Å². The second-order valence-corrected chi connectivity index (χ2v) is 6.80. The Labute approximate surface area is 170 Å². The molecule has 7 heteroatoms. The number of nitrogens with one attached hydrogen (secondary N) is 1. The van der Waals surface area contributed by atoms with Gasteiger partial charge in [-0.3, -0.25) is 9.50 Å². The lowest BCUT2D eigenvalue weighted by Crippen LogP contribution is -1.93. The summed E-state index contributed by atoms with van der Waals surface area (Å²) in [5.41, 5.74) is 5.53. The molecule has 3 heterocycles. The van der Waals surface area contributed by atoms with Crippen LogP contribution in [0.2, 0.25) is 0 Å². The summed E-state index contributed by atoms with van der Waals surface area (Å²) in [6, 6.07) is 14.9. The molecule has 148 valence electrons. The van der Waals surface area contributed by atoms with Crippen molar-refractivity contribution < 1.29 is 13.5 Å². The van der Waals surface area contributed by atoms with Gasteiger partial charge in [-0.2, -0.15) is 5.10 Å². The SMILES string of the molecule is COc1ccc(-c2cnc3ccc(-c4cn[nH]c4-c4ccc(F)cc4)cn23)cc1F. The van der Waals surface area contributed by atoms with Crippen molar-refractivity contribution in [1.29, 1.82) is 0 Å². The lowest BCUT2D eigenvalue weighted by molar-refractivity contribution is 0.386. The van der Waals surface area contributed by atoms with Gasteiger partial charge in [0.05, 0.1) is 30.9 Å². The molecule has 2 aromatic carbocycles. The second kappa shape index (κ2) is 7.11. The smallest absolute Gasteiger partial charge is 0.165 e. The van der Waals surface area contributed by atoms with Crippen LogP contribution in [-0.2, 0) is 0 Å². The topological polar surface area (TPSA) is 55.2 Å². The Bertz CT molecular complexity index is 1360. The van der Waals surface area contributed by atoms with E-state index in [1.165, 1.54) is 25.3 Å². The first-order valence-corrected chi connectivity index (χ1v) is 9.25. The number of pyridine rings is 1. The third-order valence-corrected chi connectivity index (χ3v) is 5.04. The van der Waals surface area contributed by atoms with Gasteiger partial charge in [0.2, 0.25) is 0 Å². The van der Waals surface area contributed by atoms with Crippen molar-refractivity contribution >= 4 is 5.65 Å². The second-order valence-electron chi connectivity index (χ2n) is 6.80. The third kappa shape index (κ3) is 3.00. The zero-order valence-corrected chi connectivity index (χ0v) is 15.9. The largest absolute Gasteiger partial charge is 0.494 e. The quantitative estimate of drug-likeness (QED) is 0.441. The van der Waals surface area contributed by atoms with Crippen LogP contribution in [0.25, 0.3) is 39.3 Å². The molecule has 0 bridgehead atoms. The molecule has 5 rings (SSSR count). The van der Waals surface area contributed by atoms with E-state index >= 15 is 0 Å². The number of benzene rings is 2. The van der Waals surface area contributed by atoms with Gasteiger partial charge in [-0.1, -0.05) is 0 Å². The van der Waals surface area contributed by atoms with Crippen molar-refractivity contribution in [3.63, 3.8) is 0 Å². The van der Waals surface area contributed by atoms with Crippen molar-refractivity contribution in [3.05, 3.63) is 84.8 Å². The van der Waals surface area contributed by atoms with E-state index in [1.807, 2.05) is 22.7 Å². The maximum absolute atomic E-state index is 14.2. The Morgan fingerprint density at radius 1 is 0.900 bits per heavy atom. The van der Waals surface area contributed by atoms with Crippen molar-refractivity contribution in [2.45, 2.75) is 0 Å². The lowest BCUT2D eigenvalue weighted by Gasteiger charge is -2.08. The molecule has 0 aliphatic heterocycles. The van der Waals surface area contributed by atoms with Crippen LogP contribution in [0, 0.1) is 11.6 Å². The van der Waals surface area contributed by atoms with Crippen LogP contribution in [-0.4, -0.2) is 26.7 Å². The molecular formula is C23H16F2N4O. The van der Waals surface area contributed by atoms with E-state index in [1.54, 1.807) is 36.7 Å². The molecule has 5 aromatic rings. The van der Waals surface area contributed by atoms with Gasteiger partial charge in [-0.05, 0) is 54.6 Å². The fraction of sp³-hybridized carbons (Fsp3) is 0.0435. The number of imidazole rings is 1. The maximum atomic E-state index is 14.2. The van der Waals surface area contributed by atoms with Crippen LogP contribution in [0.1, 0.15) is 0 Å². The Balaban J connectivity index is 1.62. The third-order valence-electron chi connectivity index (χ3n) is 5.04. The first-order chi connectivity index (χ1) is 14.6. The minimum Gasteiger partial charge on any atom is -0.494 e. The number of aromatic amines is 1. The van der Waals surface area contributed by atoms with Gasteiger partial charge >= 0.3 is 0 Å². The van der Waals surface area contributed by atoms with Crippen LogP contribution in [0.5, 0.6) is 5.75 Å². The van der Waals surface area contributed by atoms with Crippen molar-refractivity contribution in [3.8, 4) is 39.4 Å². The highest BCUT2D eigenvalue weighted by molar-refractivity contribution is 5.81. The Morgan fingerprint density at radius 3 is 2.43 bits per heavy atom. The molecule has 3 aromatic heterocycles. The molecule has 0 unspecified atom stereocenters. The highest BCUT2D eigenvalue weighted by Gasteiger charge is 2.14. The summed E-state index contributed by atoms with van der Waals surface area (Å²) in [5, 5.41) is 7.16. The molecule has 0 aliphatic rings. The van der Waals surface area contributed by atoms with E-state index < -0.39 is 5.82 Å². The average molecular weight is 402 g/mol. The number of halogens is 2. The number of nitrogens with zero attached hydrogens (tertiary/aromatic N) is 3. The number of fused-ring (bicyclic) bond motifs is 1. The molecular weight excluding hydrogens is 386 g/mol. The Morgan fingerprint density at radius 2 is 1.67 bits per heavy atom. The van der Waals surface area contributed by atoms with Crippen LogP contribution in [0.15, 0.2) is 73.2 Å². The highest BCUT2D eigenvalue weighted by Crippen LogP contribution is 2.32. The van der Waals surface area contributed by atoms with E-state index in [0.29, 0.717) is 5.56 Å². The number of hydrogen-bond donors (Lipinski definition) is 1. The Hall–Kier alpha value is -4.00.